The van der Waals surface area contributed by atoms with Crippen molar-refractivity contribution in [2.24, 2.45) is 0 Å². The first kappa shape index (κ1) is 19.9. The maximum atomic E-state index is 13.0. The number of para-hydroxylation sites is 1. The minimum Gasteiger partial charge on any atom is -0.302 e. The van der Waals surface area contributed by atoms with Gasteiger partial charge < -0.3 is 5.32 Å². The van der Waals surface area contributed by atoms with Crippen LogP contribution in [0.15, 0.2) is 59.0 Å². The zero-order chi connectivity index (χ0) is 21.1. The number of hydrogen-bond donors (Lipinski definition) is 1. The van der Waals surface area contributed by atoms with Crippen molar-refractivity contribution in [2.75, 3.05) is 5.32 Å². The minimum absolute atomic E-state index is 0.104. The third-order valence-electron chi connectivity index (χ3n) is 4.75. The van der Waals surface area contributed by atoms with Gasteiger partial charge in [-0.25, -0.2) is 14.4 Å². The van der Waals surface area contributed by atoms with Gasteiger partial charge in [-0.15, -0.1) is 11.3 Å². The van der Waals surface area contributed by atoms with Gasteiger partial charge in [-0.1, -0.05) is 12.1 Å². The normalized spacial score (nSPS) is 11.0. The Kier molecular flexibility index (Phi) is 5.67. The first-order valence-electron chi connectivity index (χ1n) is 9.47. The zero-order valence-corrected chi connectivity index (χ0v) is 17.1. The topological polar surface area (TPSA) is 76.9 Å². The van der Waals surface area contributed by atoms with Gasteiger partial charge in [0.15, 0.2) is 5.13 Å². The smallest absolute Gasteiger partial charge is 0.261 e. The van der Waals surface area contributed by atoms with E-state index < -0.39 is 0 Å². The van der Waals surface area contributed by atoms with Gasteiger partial charge >= 0.3 is 0 Å². The van der Waals surface area contributed by atoms with E-state index in [1.165, 1.54) is 34.4 Å². The molecule has 6 nitrogen and oxygen atoms in total. The fourth-order valence-corrected chi connectivity index (χ4v) is 3.91. The molecule has 30 heavy (non-hydrogen) atoms. The second-order valence-electron chi connectivity index (χ2n) is 6.91. The first-order chi connectivity index (χ1) is 14.5. The lowest BCUT2D eigenvalue weighted by Crippen LogP contribution is -2.22. The molecule has 4 aromatic rings. The summed E-state index contributed by atoms with van der Waals surface area (Å²) in [5.41, 5.74) is 3.02. The van der Waals surface area contributed by atoms with Crippen molar-refractivity contribution in [1.82, 2.24) is 14.5 Å². The Morgan fingerprint density at radius 2 is 2.00 bits per heavy atom. The Hall–Kier alpha value is -3.39. The number of benzene rings is 2. The lowest BCUT2D eigenvalue weighted by molar-refractivity contribution is -0.116. The van der Waals surface area contributed by atoms with Gasteiger partial charge in [0.2, 0.25) is 5.91 Å². The van der Waals surface area contributed by atoms with Crippen LogP contribution in [0.25, 0.3) is 22.2 Å². The molecule has 0 atom stereocenters. The summed E-state index contributed by atoms with van der Waals surface area (Å²) in [6.07, 6.45) is 2.29. The number of aryl methyl sites for hydroxylation is 2. The monoisotopic (exact) mass is 422 g/mol. The predicted octanol–water partition coefficient (Wildman–Crippen LogP) is 4.39. The van der Waals surface area contributed by atoms with Gasteiger partial charge in [-0.05, 0) is 49.2 Å². The number of fused-ring (bicyclic) bond motifs is 1. The van der Waals surface area contributed by atoms with Crippen LogP contribution in [0.2, 0.25) is 0 Å². The summed E-state index contributed by atoms with van der Waals surface area (Å²) >= 11 is 1.31. The third kappa shape index (κ3) is 4.28. The molecule has 0 aliphatic rings. The molecule has 1 amide bonds. The number of rotatable bonds is 6. The largest absolute Gasteiger partial charge is 0.302 e. The maximum Gasteiger partial charge on any atom is 0.261 e. The highest BCUT2D eigenvalue weighted by Crippen LogP contribution is 2.25. The molecule has 0 spiro atoms. The van der Waals surface area contributed by atoms with Crippen LogP contribution in [0.5, 0.6) is 0 Å². The molecule has 0 aliphatic carbocycles. The average Bonchev–Trinajstić information content (AvgIpc) is 3.19. The van der Waals surface area contributed by atoms with E-state index >= 15 is 0 Å². The van der Waals surface area contributed by atoms with Crippen LogP contribution in [0.1, 0.15) is 18.4 Å². The number of carbonyl (C=O) groups excluding carboxylic acids is 1. The van der Waals surface area contributed by atoms with Crippen molar-refractivity contribution in [2.45, 2.75) is 26.3 Å². The molecular formula is C22H19FN4O2S. The van der Waals surface area contributed by atoms with Crippen molar-refractivity contribution >= 4 is 33.3 Å². The van der Waals surface area contributed by atoms with E-state index in [-0.39, 0.29) is 23.7 Å². The summed E-state index contributed by atoms with van der Waals surface area (Å²) in [6, 6.07) is 11.6. The van der Waals surface area contributed by atoms with Crippen molar-refractivity contribution in [3.8, 4) is 11.3 Å². The fraction of sp³-hybridized carbons (Fsp3) is 0.182. The van der Waals surface area contributed by atoms with E-state index in [1.54, 1.807) is 18.2 Å². The Morgan fingerprint density at radius 3 is 2.80 bits per heavy atom. The molecule has 2 aromatic carbocycles. The first-order valence-corrected chi connectivity index (χ1v) is 10.4. The number of halogens is 1. The second-order valence-corrected chi connectivity index (χ2v) is 7.77. The number of aromatic nitrogens is 3. The van der Waals surface area contributed by atoms with E-state index in [1.807, 2.05) is 24.4 Å². The standard InChI is InChI=1S/C22H19FN4O2S/c1-14-4-2-5-17-20(14)24-13-27(21(17)29)11-3-6-19(28)26-22-25-18(12-30-22)15-7-9-16(23)10-8-15/h2,4-5,7-10,12-13H,3,6,11H2,1H3,(H,25,26,28). The van der Waals surface area contributed by atoms with Gasteiger partial charge in [0.1, 0.15) is 5.82 Å². The second kappa shape index (κ2) is 8.54. The Labute approximate surface area is 176 Å². The summed E-state index contributed by atoms with van der Waals surface area (Å²) in [7, 11) is 0. The molecule has 2 heterocycles. The van der Waals surface area contributed by atoms with Crippen LogP contribution in [0.4, 0.5) is 9.52 Å². The maximum absolute atomic E-state index is 13.0. The Bertz CT molecular complexity index is 1260. The average molecular weight is 422 g/mol. The number of hydrogen-bond acceptors (Lipinski definition) is 5. The van der Waals surface area contributed by atoms with Gasteiger partial charge in [-0.3, -0.25) is 14.2 Å². The highest BCUT2D eigenvalue weighted by molar-refractivity contribution is 7.14. The molecule has 0 bridgehead atoms. The van der Waals surface area contributed by atoms with Crippen LogP contribution >= 0.6 is 11.3 Å². The lowest BCUT2D eigenvalue weighted by atomic mass is 10.1. The number of nitrogens with one attached hydrogen (secondary N) is 1. The third-order valence-corrected chi connectivity index (χ3v) is 5.51. The van der Waals surface area contributed by atoms with Crippen LogP contribution < -0.4 is 10.9 Å². The molecule has 0 fully saturated rings. The zero-order valence-electron chi connectivity index (χ0n) is 16.3. The predicted molar refractivity (Wildman–Crippen MR) is 116 cm³/mol. The molecule has 152 valence electrons. The van der Waals surface area contributed by atoms with Crippen LogP contribution in [0.3, 0.4) is 0 Å². The Morgan fingerprint density at radius 1 is 1.20 bits per heavy atom. The molecule has 0 saturated carbocycles. The number of amides is 1. The lowest BCUT2D eigenvalue weighted by Gasteiger charge is -2.07. The molecule has 8 heteroatoms. The van der Waals surface area contributed by atoms with E-state index in [4.69, 9.17) is 0 Å². The quantitative estimate of drug-likeness (QED) is 0.500. The highest BCUT2D eigenvalue weighted by atomic mass is 32.1. The van der Waals surface area contributed by atoms with Gasteiger partial charge in [0.25, 0.3) is 5.56 Å². The molecule has 4 rings (SSSR count). The van der Waals surface area contributed by atoms with Crippen LogP contribution in [0, 0.1) is 12.7 Å². The number of anilines is 1. The molecule has 0 radical (unpaired) electrons. The summed E-state index contributed by atoms with van der Waals surface area (Å²) < 4.78 is 14.6. The molecule has 1 N–H and O–H groups in total. The molecule has 2 aromatic heterocycles. The fourth-order valence-electron chi connectivity index (χ4n) is 3.17. The van der Waals surface area contributed by atoms with Gasteiger partial charge in [-0.2, -0.15) is 0 Å². The van der Waals surface area contributed by atoms with Crippen molar-refractivity contribution in [3.05, 3.63) is 75.9 Å². The van der Waals surface area contributed by atoms with E-state index in [2.05, 4.69) is 15.3 Å². The molecular weight excluding hydrogens is 403 g/mol. The molecule has 0 aliphatic heterocycles. The summed E-state index contributed by atoms with van der Waals surface area (Å²) in [5, 5.41) is 5.65. The van der Waals surface area contributed by atoms with Gasteiger partial charge in [0, 0.05) is 23.9 Å². The van der Waals surface area contributed by atoms with Gasteiger partial charge in [0.05, 0.1) is 22.9 Å². The van der Waals surface area contributed by atoms with E-state index in [0.29, 0.717) is 34.7 Å². The van der Waals surface area contributed by atoms with Crippen molar-refractivity contribution < 1.29 is 9.18 Å². The number of nitrogens with zero attached hydrogens (tertiary/aromatic N) is 3. The Balaban J connectivity index is 1.35. The van der Waals surface area contributed by atoms with Crippen molar-refractivity contribution in [3.63, 3.8) is 0 Å². The van der Waals surface area contributed by atoms with Crippen LogP contribution in [-0.4, -0.2) is 20.4 Å². The highest BCUT2D eigenvalue weighted by Gasteiger charge is 2.10. The number of carbonyl (C=O) groups is 1. The molecule has 0 saturated heterocycles. The molecule has 0 unspecified atom stereocenters. The van der Waals surface area contributed by atoms with E-state index in [0.717, 1.165) is 11.1 Å². The minimum atomic E-state index is -0.307. The summed E-state index contributed by atoms with van der Waals surface area (Å²) in [6.45, 7) is 2.32. The summed E-state index contributed by atoms with van der Waals surface area (Å²) in [5.74, 6) is -0.481. The number of thiazole rings is 1. The van der Waals surface area contributed by atoms with Crippen LogP contribution in [-0.2, 0) is 11.3 Å². The SMILES string of the molecule is Cc1cccc2c(=O)n(CCCC(=O)Nc3nc(-c4ccc(F)cc4)cs3)cnc12. The van der Waals surface area contributed by atoms with E-state index in [9.17, 15) is 14.0 Å². The summed E-state index contributed by atoms with van der Waals surface area (Å²) in [4.78, 5) is 33.6. The van der Waals surface area contributed by atoms with Crippen molar-refractivity contribution in [1.29, 1.82) is 0 Å².